The van der Waals surface area contributed by atoms with E-state index in [-0.39, 0.29) is 28.2 Å². The molecule has 0 radical (unpaired) electrons. The zero-order valence-electron chi connectivity index (χ0n) is 20.2. The van der Waals surface area contributed by atoms with E-state index in [4.69, 9.17) is 46.4 Å². The number of carbonyl (C=O) groups excluding carboxylic acids is 2. The highest BCUT2D eigenvalue weighted by Crippen LogP contribution is 2.31. The molecule has 12 heteroatoms. The Morgan fingerprint density at radius 2 is 1.64 bits per heavy atom. The average Bonchev–Trinajstić information content (AvgIpc) is 2.80. The fraction of sp³-hybridized carbons (Fsp3) is 0.417. The Hall–Kier alpha value is -1.71. The molecule has 0 fully saturated rings. The van der Waals surface area contributed by atoms with Crippen LogP contribution in [0, 0.1) is 0 Å². The van der Waals surface area contributed by atoms with Crippen LogP contribution in [0.5, 0.6) is 0 Å². The molecule has 2 aromatic carbocycles. The van der Waals surface area contributed by atoms with E-state index >= 15 is 0 Å². The summed E-state index contributed by atoms with van der Waals surface area (Å²) in [6, 6.07) is 8.38. The maximum atomic E-state index is 13.7. The summed E-state index contributed by atoms with van der Waals surface area (Å²) in [5.41, 5.74) is 0.694. The number of halogens is 4. The highest BCUT2D eigenvalue weighted by atomic mass is 35.5. The Bertz CT molecular complexity index is 1190. The van der Waals surface area contributed by atoms with Gasteiger partial charge in [-0.3, -0.25) is 13.9 Å². The van der Waals surface area contributed by atoms with Crippen LogP contribution in [-0.4, -0.2) is 50.5 Å². The summed E-state index contributed by atoms with van der Waals surface area (Å²) in [6.45, 7) is 3.68. The number of carbonyl (C=O) groups is 2. The first-order valence-corrected chi connectivity index (χ1v) is 14.7. The van der Waals surface area contributed by atoms with Crippen LogP contribution in [0.2, 0.25) is 20.1 Å². The Kier molecular flexibility index (Phi) is 11.6. The first kappa shape index (κ1) is 30.5. The number of rotatable bonds is 12. The molecule has 198 valence electrons. The average molecular weight is 597 g/mol. The second-order valence-electron chi connectivity index (χ2n) is 8.20. The number of benzene rings is 2. The molecule has 2 aromatic rings. The van der Waals surface area contributed by atoms with E-state index in [2.05, 4.69) is 5.32 Å². The molecule has 0 heterocycles. The minimum absolute atomic E-state index is 0.0102. The molecule has 0 spiro atoms. The van der Waals surface area contributed by atoms with Crippen molar-refractivity contribution in [1.29, 1.82) is 0 Å². The van der Waals surface area contributed by atoms with E-state index in [1.807, 2.05) is 6.92 Å². The zero-order chi connectivity index (χ0) is 27.0. The predicted molar refractivity (Wildman–Crippen MR) is 148 cm³/mol. The Morgan fingerprint density at radius 1 is 0.972 bits per heavy atom. The molecule has 7 nitrogen and oxygen atoms in total. The Balaban J connectivity index is 2.47. The van der Waals surface area contributed by atoms with Gasteiger partial charge in [-0.05, 0) is 48.7 Å². The number of hydrogen-bond donors (Lipinski definition) is 1. The van der Waals surface area contributed by atoms with Crippen molar-refractivity contribution < 1.29 is 18.0 Å². The van der Waals surface area contributed by atoms with Crippen LogP contribution >= 0.6 is 46.4 Å². The smallest absolute Gasteiger partial charge is 0.244 e. The van der Waals surface area contributed by atoms with Crippen molar-refractivity contribution >= 4 is 73.9 Å². The van der Waals surface area contributed by atoms with Crippen molar-refractivity contribution in [3.8, 4) is 0 Å². The zero-order valence-corrected chi connectivity index (χ0v) is 24.1. The maximum absolute atomic E-state index is 13.7. The van der Waals surface area contributed by atoms with Gasteiger partial charge in [0.1, 0.15) is 12.6 Å². The third-order valence-corrected chi connectivity index (χ3v) is 7.83. The molecule has 0 aliphatic heterocycles. The van der Waals surface area contributed by atoms with Gasteiger partial charge in [-0.1, -0.05) is 72.7 Å². The van der Waals surface area contributed by atoms with Gasteiger partial charge in [-0.2, -0.15) is 0 Å². The normalized spacial score (nSPS) is 12.2. The van der Waals surface area contributed by atoms with Crippen LogP contribution in [0.15, 0.2) is 36.4 Å². The number of nitrogens with one attached hydrogen (secondary N) is 1. The number of hydrogen-bond acceptors (Lipinski definition) is 4. The van der Waals surface area contributed by atoms with Crippen LogP contribution in [0.4, 0.5) is 5.69 Å². The fourth-order valence-electron chi connectivity index (χ4n) is 3.53. The molecule has 1 atom stereocenters. The number of amides is 2. The fourth-order valence-corrected chi connectivity index (χ4v) is 5.14. The van der Waals surface area contributed by atoms with Crippen LogP contribution in [0.1, 0.15) is 38.7 Å². The van der Waals surface area contributed by atoms with Gasteiger partial charge in [0.25, 0.3) is 0 Å². The standard InChI is InChI=1S/C24H29Cl4N3O4S/c1-4-6-11-29-24(33)21(5-2)30(14-16-7-9-18(26)20(28)12-16)23(32)15-31(36(3,34)35)22-13-17(25)8-10-19(22)27/h7-10,12-13,21H,4-6,11,14-15H2,1-3H3,(H,29,33)/t21-/m0/s1. The molecule has 1 N–H and O–H groups in total. The number of unbranched alkanes of at least 4 members (excludes halogenated alkanes) is 1. The van der Waals surface area contributed by atoms with Gasteiger partial charge in [0, 0.05) is 18.1 Å². The van der Waals surface area contributed by atoms with Crippen LogP contribution < -0.4 is 9.62 Å². The lowest BCUT2D eigenvalue weighted by Gasteiger charge is -2.33. The third-order valence-electron chi connectivity index (χ3n) is 5.41. The molecule has 0 aliphatic carbocycles. The second kappa shape index (κ2) is 13.7. The SMILES string of the molecule is CCCCNC(=O)[C@H](CC)N(Cc1ccc(Cl)c(Cl)c1)C(=O)CN(c1cc(Cl)ccc1Cl)S(C)(=O)=O. The van der Waals surface area contributed by atoms with Crippen molar-refractivity contribution in [1.82, 2.24) is 10.2 Å². The molecule has 0 aliphatic rings. The number of nitrogens with zero attached hydrogens (tertiary/aromatic N) is 2. The lowest BCUT2D eigenvalue weighted by molar-refractivity contribution is -0.140. The summed E-state index contributed by atoms with van der Waals surface area (Å²) in [5, 5.41) is 3.87. The summed E-state index contributed by atoms with van der Waals surface area (Å²) in [6.07, 6.45) is 2.96. The summed E-state index contributed by atoms with van der Waals surface area (Å²) >= 11 is 24.5. The summed E-state index contributed by atoms with van der Waals surface area (Å²) < 4.78 is 26.2. The van der Waals surface area contributed by atoms with Gasteiger partial charge in [-0.25, -0.2) is 8.42 Å². The summed E-state index contributed by atoms with van der Waals surface area (Å²) in [7, 11) is -3.94. The lowest BCUT2D eigenvalue weighted by Crippen LogP contribution is -2.52. The first-order chi connectivity index (χ1) is 16.9. The molecular weight excluding hydrogens is 568 g/mol. The number of sulfonamides is 1. The van der Waals surface area contributed by atoms with Crippen molar-refractivity contribution in [2.24, 2.45) is 0 Å². The monoisotopic (exact) mass is 595 g/mol. The highest BCUT2D eigenvalue weighted by Gasteiger charge is 2.32. The first-order valence-electron chi connectivity index (χ1n) is 11.3. The topological polar surface area (TPSA) is 86.8 Å². The van der Waals surface area contributed by atoms with Gasteiger partial charge in [0.05, 0.1) is 27.0 Å². The molecular formula is C24H29Cl4N3O4S. The second-order valence-corrected chi connectivity index (χ2v) is 11.8. The maximum Gasteiger partial charge on any atom is 0.244 e. The van der Waals surface area contributed by atoms with E-state index in [9.17, 15) is 18.0 Å². The summed E-state index contributed by atoms with van der Waals surface area (Å²) in [5.74, 6) is -0.925. The minimum Gasteiger partial charge on any atom is -0.354 e. The van der Waals surface area contributed by atoms with Crippen LogP contribution in [-0.2, 0) is 26.2 Å². The van der Waals surface area contributed by atoms with Crippen LogP contribution in [0.3, 0.4) is 0 Å². The molecule has 0 bridgehead atoms. The van der Waals surface area contributed by atoms with Gasteiger partial charge in [0.15, 0.2) is 0 Å². The highest BCUT2D eigenvalue weighted by molar-refractivity contribution is 7.92. The molecule has 0 aromatic heterocycles. The van der Waals surface area contributed by atoms with E-state index in [0.717, 1.165) is 23.4 Å². The Labute approximate surface area is 232 Å². The van der Waals surface area contributed by atoms with Gasteiger partial charge in [-0.15, -0.1) is 0 Å². The van der Waals surface area contributed by atoms with E-state index in [0.29, 0.717) is 28.6 Å². The Morgan fingerprint density at radius 3 is 2.22 bits per heavy atom. The van der Waals surface area contributed by atoms with Gasteiger partial charge >= 0.3 is 0 Å². The minimum atomic E-state index is -3.94. The molecule has 0 saturated carbocycles. The van der Waals surface area contributed by atoms with Crippen molar-refractivity contribution in [3.63, 3.8) is 0 Å². The predicted octanol–water partition coefficient (Wildman–Crippen LogP) is 5.79. The number of anilines is 1. The van der Waals surface area contributed by atoms with Crippen molar-refractivity contribution in [2.45, 2.75) is 45.7 Å². The lowest BCUT2D eigenvalue weighted by atomic mass is 10.1. The molecule has 36 heavy (non-hydrogen) atoms. The van der Waals surface area contributed by atoms with E-state index in [1.54, 1.807) is 25.1 Å². The molecule has 0 saturated heterocycles. The van der Waals surface area contributed by atoms with Crippen molar-refractivity contribution in [3.05, 3.63) is 62.1 Å². The van der Waals surface area contributed by atoms with Gasteiger partial charge in [0.2, 0.25) is 21.8 Å². The molecule has 2 amide bonds. The third kappa shape index (κ3) is 8.42. The van der Waals surface area contributed by atoms with Gasteiger partial charge < -0.3 is 10.2 Å². The van der Waals surface area contributed by atoms with Crippen LogP contribution in [0.25, 0.3) is 0 Å². The largest absolute Gasteiger partial charge is 0.354 e. The van der Waals surface area contributed by atoms with E-state index < -0.39 is 28.5 Å². The van der Waals surface area contributed by atoms with Crippen molar-refractivity contribution in [2.75, 3.05) is 23.7 Å². The summed E-state index contributed by atoms with van der Waals surface area (Å²) in [4.78, 5) is 28.0. The molecule has 2 rings (SSSR count). The quantitative estimate of drug-likeness (QED) is 0.314. The van der Waals surface area contributed by atoms with E-state index in [1.165, 1.54) is 23.1 Å². The molecule has 0 unspecified atom stereocenters.